The van der Waals surface area contributed by atoms with Crippen LogP contribution in [0.2, 0.25) is 0 Å². The van der Waals surface area contributed by atoms with Crippen molar-refractivity contribution in [1.82, 2.24) is 5.32 Å². The fraction of sp³-hybridized carbons (Fsp3) is 0.211. The molecule has 1 aromatic carbocycles. The SMILES string of the molecule is O=C(Cc1ccc(NS(=O)(=O)c2cccs2)cc1)NCCSCc1cccs1. The topological polar surface area (TPSA) is 75.3 Å². The predicted molar refractivity (Wildman–Crippen MR) is 119 cm³/mol. The van der Waals surface area contributed by atoms with Crippen molar-refractivity contribution < 1.29 is 13.2 Å². The predicted octanol–water partition coefficient (Wildman–Crippen LogP) is 4.20. The molecule has 2 aromatic heterocycles. The molecule has 148 valence electrons. The summed E-state index contributed by atoms with van der Waals surface area (Å²) in [7, 11) is -3.55. The summed E-state index contributed by atoms with van der Waals surface area (Å²) in [5.41, 5.74) is 1.31. The minimum Gasteiger partial charge on any atom is -0.355 e. The Hall–Kier alpha value is -1.81. The highest BCUT2D eigenvalue weighted by atomic mass is 32.2. The van der Waals surface area contributed by atoms with E-state index in [2.05, 4.69) is 21.5 Å². The first-order valence-corrected chi connectivity index (χ1v) is 12.9. The standard InChI is InChI=1S/C19H20N2O3S4/c22-18(20-9-12-25-14-17-3-1-10-26-17)13-15-5-7-16(8-6-15)21-28(23,24)19-4-2-11-27-19/h1-8,10-11,21H,9,12-14H2,(H,20,22). The molecule has 0 unspecified atom stereocenters. The normalized spacial score (nSPS) is 11.3. The zero-order valence-electron chi connectivity index (χ0n) is 15.0. The van der Waals surface area contributed by atoms with Gasteiger partial charge in [-0.25, -0.2) is 8.42 Å². The van der Waals surface area contributed by atoms with E-state index in [-0.39, 0.29) is 16.5 Å². The van der Waals surface area contributed by atoms with Crippen molar-refractivity contribution in [2.75, 3.05) is 17.0 Å². The lowest BCUT2D eigenvalue weighted by atomic mass is 10.1. The molecule has 3 rings (SSSR count). The molecule has 2 N–H and O–H groups in total. The van der Waals surface area contributed by atoms with Gasteiger partial charge in [0.25, 0.3) is 10.0 Å². The third-order valence-electron chi connectivity index (χ3n) is 3.72. The van der Waals surface area contributed by atoms with Gasteiger partial charge in [-0.1, -0.05) is 24.3 Å². The molecule has 0 spiro atoms. The summed E-state index contributed by atoms with van der Waals surface area (Å²) in [6.45, 7) is 0.633. The van der Waals surface area contributed by atoms with Crippen molar-refractivity contribution >= 4 is 56.1 Å². The van der Waals surface area contributed by atoms with E-state index in [0.29, 0.717) is 12.2 Å². The minimum absolute atomic E-state index is 0.0383. The molecule has 0 saturated carbocycles. The highest BCUT2D eigenvalue weighted by molar-refractivity contribution is 7.98. The van der Waals surface area contributed by atoms with E-state index < -0.39 is 10.0 Å². The van der Waals surface area contributed by atoms with Gasteiger partial charge >= 0.3 is 0 Å². The maximum atomic E-state index is 12.2. The van der Waals surface area contributed by atoms with Crippen LogP contribution in [0.5, 0.6) is 0 Å². The zero-order chi connectivity index (χ0) is 19.8. The highest BCUT2D eigenvalue weighted by Crippen LogP contribution is 2.20. The monoisotopic (exact) mass is 452 g/mol. The highest BCUT2D eigenvalue weighted by Gasteiger charge is 2.15. The van der Waals surface area contributed by atoms with Gasteiger partial charge in [-0.3, -0.25) is 9.52 Å². The number of benzene rings is 1. The maximum absolute atomic E-state index is 12.2. The van der Waals surface area contributed by atoms with E-state index in [1.54, 1.807) is 64.9 Å². The number of carbonyl (C=O) groups excluding carboxylic acids is 1. The second kappa shape index (κ2) is 10.1. The van der Waals surface area contributed by atoms with Crippen LogP contribution in [0, 0.1) is 0 Å². The van der Waals surface area contributed by atoms with Crippen LogP contribution in [0.15, 0.2) is 63.5 Å². The molecule has 9 heteroatoms. The lowest BCUT2D eigenvalue weighted by Gasteiger charge is -2.08. The van der Waals surface area contributed by atoms with Crippen LogP contribution in [-0.4, -0.2) is 26.6 Å². The number of carbonyl (C=O) groups is 1. The van der Waals surface area contributed by atoms with Crippen LogP contribution in [0.4, 0.5) is 5.69 Å². The lowest BCUT2D eigenvalue weighted by Crippen LogP contribution is -2.27. The largest absolute Gasteiger partial charge is 0.355 e. The molecule has 28 heavy (non-hydrogen) atoms. The molecule has 0 aliphatic carbocycles. The van der Waals surface area contributed by atoms with Gasteiger partial charge in [-0.15, -0.1) is 22.7 Å². The molecule has 0 radical (unpaired) electrons. The molecule has 0 atom stereocenters. The lowest BCUT2D eigenvalue weighted by molar-refractivity contribution is -0.120. The van der Waals surface area contributed by atoms with Crippen LogP contribution in [0.1, 0.15) is 10.4 Å². The summed E-state index contributed by atoms with van der Waals surface area (Å²) in [6.07, 6.45) is 0.271. The van der Waals surface area contributed by atoms with Crippen molar-refractivity contribution in [3.8, 4) is 0 Å². The number of nitrogens with one attached hydrogen (secondary N) is 2. The second-order valence-electron chi connectivity index (χ2n) is 5.89. The van der Waals surface area contributed by atoms with Crippen LogP contribution < -0.4 is 10.0 Å². The van der Waals surface area contributed by atoms with Crippen molar-refractivity contribution in [2.45, 2.75) is 16.4 Å². The Labute approximate surface area is 177 Å². The summed E-state index contributed by atoms with van der Waals surface area (Å²) >= 11 is 4.71. The molecular weight excluding hydrogens is 432 g/mol. The fourth-order valence-corrected chi connectivity index (χ4v) is 6.14. The van der Waals surface area contributed by atoms with E-state index in [1.807, 2.05) is 6.07 Å². The van der Waals surface area contributed by atoms with Gasteiger partial charge in [-0.2, -0.15) is 11.8 Å². The number of amides is 1. The van der Waals surface area contributed by atoms with Crippen LogP contribution in [-0.2, 0) is 27.0 Å². The van der Waals surface area contributed by atoms with Gasteiger partial charge in [0, 0.05) is 28.6 Å². The average Bonchev–Trinajstić information content (AvgIpc) is 3.37. The molecule has 5 nitrogen and oxygen atoms in total. The summed E-state index contributed by atoms with van der Waals surface area (Å²) in [4.78, 5) is 13.4. The number of hydrogen-bond donors (Lipinski definition) is 2. The number of sulfonamides is 1. The Morgan fingerprint density at radius 3 is 2.43 bits per heavy atom. The smallest absolute Gasteiger partial charge is 0.271 e. The van der Waals surface area contributed by atoms with Crippen molar-refractivity contribution in [3.63, 3.8) is 0 Å². The third-order valence-corrected chi connectivity index (χ3v) is 8.57. The van der Waals surface area contributed by atoms with E-state index in [0.717, 1.165) is 17.1 Å². The number of rotatable bonds is 10. The Kier molecular flexibility index (Phi) is 7.55. The quantitative estimate of drug-likeness (QED) is 0.452. The van der Waals surface area contributed by atoms with Gasteiger partial charge in [0.05, 0.1) is 6.42 Å². The van der Waals surface area contributed by atoms with Crippen molar-refractivity contribution in [1.29, 1.82) is 0 Å². The van der Waals surface area contributed by atoms with Crippen LogP contribution in [0.3, 0.4) is 0 Å². The molecule has 0 aliphatic heterocycles. The average molecular weight is 453 g/mol. The van der Waals surface area contributed by atoms with E-state index in [9.17, 15) is 13.2 Å². The molecule has 2 heterocycles. The molecular formula is C19H20N2O3S4. The Balaban J connectivity index is 1.40. The van der Waals surface area contributed by atoms with Crippen molar-refractivity contribution in [3.05, 3.63) is 69.7 Å². The molecule has 0 aliphatic rings. The fourth-order valence-electron chi connectivity index (χ4n) is 2.39. The number of hydrogen-bond acceptors (Lipinski definition) is 6. The van der Waals surface area contributed by atoms with Gasteiger partial charge < -0.3 is 5.32 Å². The molecule has 1 amide bonds. The van der Waals surface area contributed by atoms with Gasteiger partial charge in [0.1, 0.15) is 4.21 Å². The second-order valence-corrected chi connectivity index (χ2v) is 10.9. The minimum atomic E-state index is -3.55. The molecule has 0 fully saturated rings. The summed E-state index contributed by atoms with van der Waals surface area (Å²) in [5.74, 6) is 1.80. The summed E-state index contributed by atoms with van der Waals surface area (Å²) < 4.78 is 27.2. The first kappa shape index (κ1) is 20.9. The van der Waals surface area contributed by atoms with E-state index >= 15 is 0 Å². The summed E-state index contributed by atoms with van der Waals surface area (Å²) in [6, 6.07) is 14.3. The number of anilines is 1. The molecule has 0 saturated heterocycles. The third kappa shape index (κ3) is 6.37. The van der Waals surface area contributed by atoms with Crippen LogP contribution >= 0.6 is 34.4 Å². The van der Waals surface area contributed by atoms with E-state index in [1.165, 1.54) is 16.2 Å². The first-order chi connectivity index (χ1) is 13.5. The number of thioether (sulfide) groups is 1. The maximum Gasteiger partial charge on any atom is 0.271 e. The molecule has 0 bridgehead atoms. The van der Waals surface area contributed by atoms with Crippen molar-refractivity contribution in [2.24, 2.45) is 0 Å². The molecule has 3 aromatic rings. The first-order valence-electron chi connectivity index (χ1n) is 8.55. The zero-order valence-corrected chi connectivity index (χ0v) is 18.2. The van der Waals surface area contributed by atoms with Gasteiger partial charge in [0.15, 0.2) is 0 Å². The number of thiophene rings is 2. The Morgan fingerprint density at radius 2 is 1.75 bits per heavy atom. The van der Waals surface area contributed by atoms with Gasteiger partial charge in [0.2, 0.25) is 5.91 Å². The summed E-state index contributed by atoms with van der Waals surface area (Å²) in [5, 5.41) is 6.70. The Morgan fingerprint density at radius 1 is 1.00 bits per heavy atom. The Bertz CT molecular complexity index is 967. The van der Waals surface area contributed by atoms with Crippen LogP contribution in [0.25, 0.3) is 0 Å². The van der Waals surface area contributed by atoms with Gasteiger partial charge in [-0.05, 0) is 40.6 Å². The van der Waals surface area contributed by atoms with E-state index in [4.69, 9.17) is 0 Å².